The van der Waals surface area contributed by atoms with Crippen LogP contribution in [0.3, 0.4) is 0 Å². The van der Waals surface area contributed by atoms with E-state index in [0.717, 1.165) is 23.5 Å². The summed E-state index contributed by atoms with van der Waals surface area (Å²) in [5.74, 6) is -0.453. The molecule has 4 aromatic heterocycles. The van der Waals surface area contributed by atoms with Crippen LogP contribution in [0.2, 0.25) is 0 Å². The maximum atomic E-state index is 13.6. The first-order chi connectivity index (χ1) is 15.9. The molecule has 4 heterocycles. The van der Waals surface area contributed by atoms with E-state index >= 15 is 0 Å². The van der Waals surface area contributed by atoms with Gasteiger partial charge in [0.1, 0.15) is 11.3 Å². The lowest BCUT2D eigenvalue weighted by atomic mass is 10.2. The molecule has 33 heavy (non-hydrogen) atoms. The van der Waals surface area contributed by atoms with E-state index < -0.39 is 17.8 Å². The number of aromatic nitrogens is 5. The number of hydrogen-bond donors (Lipinski definition) is 1. The van der Waals surface area contributed by atoms with Crippen LogP contribution in [0.4, 0.5) is 13.2 Å². The Morgan fingerprint density at radius 3 is 2.58 bits per heavy atom. The Hall–Kier alpha value is -4.41. The lowest BCUT2D eigenvalue weighted by Gasteiger charge is -2.11. The summed E-state index contributed by atoms with van der Waals surface area (Å²) in [7, 11) is 0. The SMILES string of the molecule is O=C(NCc1ccc(-n2cccn2)cc1)c1cnn2c(C(F)(F)F)cc(-c3ccco3)nc12. The van der Waals surface area contributed by atoms with Crippen LogP contribution < -0.4 is 5.32 Å². The Kier molecular flexibility index (Phi) is 4.93. The number of hydrogen-bond acceptors (Lipinski definition) is 5. The van der Waals surface area contributed by atoms with Crippen molar-refractivity contribution in [3.8, 4) is 17.1 Å². The molecule has 0 aliphatic carbocycles. The number of alkyl halides is 3. The van der Waals surface area contributed by atoms with E-state index in [1.54, 1.807) is 23.1 Å². The molecule has 0 aliphatic rings. The first kappa shape index (κ1) is 20.5. The number of rotatable bonds is 5. The van der Waals surface area contributed by atoms with Crippen molar-refractivity contribution in [1.29, 1.82) is 0 Å². The van der Waals surface area contributed by atoms with Gasteiger partial charge in [0, 0.05) is 18.9 Å². The number of furan rings is 1. The number of halogens is 3. The van der Waals surface area contributed by atoms with Gasteiger partial charge in [-0.25, -0.2) is 14.2 Å². The van der Waals surface area contributed by atoms with Gasteiger partial charge in [0.2, 0.25) is 0 Å². The summed E-state index contributed by atoms with van der Waals surface area (Å²) in [5.41, 5.74) is 0.239. The molecule has 0 spiro atoms. The second kappa shape index (κ2) is 7.93. The zero-order valence-corrected chi connectivity index (χ0v) is 16.8. The fourth-order valence-corrected chi connectivity index (χ4v) is 3.34. The van der Waals surface area contributed by atoms with Crippen LogP contribution in [-0.4, -0.2) is 30.3 Å². The smallest absolute Gasteiger partial charge is 0.433 e. The maximum Gasteiger partial charge on any atom is 0.433 e. The Bertz CT molecular complexity index is 1410. The van der Waals surface area contributed by atoms with Gasteiger partial charge in [-0.2, -0.15) is 23.4 Å². The molecule has 0 fully saturated rings. The highest BCUT2D eigenvalue weighted by molar-refractivity contribution is 5.99. The molecule has 8 nitrogen and oxygen atoms in total. The summed E-state index contributed by atoms with van der Waals surface area (Å²) in [6, 6.07) is 13.0. The van der Waals surface area contributed by atoms with Gasteiger partial charge < -0.3 is 9.73 Å². The summed E-state index contributed by atoms with van der Waals surface area (Å²) >= 11 is 0. The first-order valence-electron chi connectivity index (χ1n) is 9.77. The third-order valence-electron chi connectivity index (χ3n) is 4.94. The molecule has 0 aliphatic heterocycles. The summed E-state index contributed by atoms with van der Waals surface area (Å²) in [5, 5.41) is 10.6. The van der Waals surface area contributed by atoms with E-state index in [9.17, 15) is 18.0 Å². The normalized spacial score (nSPS) is 11.7. The molecule has 1 N–H and O–H groups in total. The third-order valence-corrected chi connectivity index (χ3v) is 4.94. The summed E-state index contributed by atoms with van der Waals surface area (Å²) < 4.78 is 48.4. The van der Waals surface area contributed by atoms with Crippen molar-refractivity contribution in [2.45, 2.75) is 12.7 Å². The van der Waals surface area contributed by atoms with Gasteiger partial charge in [-0.15, -0.1) is 0 Å². The van der Waals surface area contributed by atoms with E-state index in [2.05, 4.69) is 20.5 Å². The fraction of sp³-hybridized carbons (Fsp3) is 0.0909. The fourth-order valence-electron chi connectivity index (χ4n) is 3.34. The molecule has 5 rings (SSSR count). The number of benzene rings is 1. The molecule has 0 unspecified atom stereocenters. The van der Waals surface area contributed by atoms with Crippen molar-refractivity contribution in [2.75, 3.05) is 0 Å². The lowest BCUT2D eigenvalue weighted by Crippen LogP contribution is -2.23. The minimum atomic E-state index is -4.71. The van der Waals surface area contributed by atoms with Gasteiger partial charge in [0.25, 0.3) is 5.91 Å². The molecule has 0 radical (unpaired) electrons. The molecule has 0 saturated heterocycles. The highest BCUT2D eigenvalue weighted by Gasteiger charge is 2.36. The largest absolute Gasteiger partial charge is 0.463 e. The van der Waals surface area contributed by atoms with Crippen LogP contribution in [0.1, 0.15) is 21.6 Å². The number of fused-ring (bicyclic) bond motifs is 1. The van der Waals surface area contributed by atoms with E-state index in [4.69, 9.17) is 4.42 Å². The highest BCUT2D eigenvalue weighted by atomic mass is 19.4. The number of carbonyl (C=O) groups excluding carboxylic acids is 1. The van der Waals surface area contributed by atoms with Crippen LogP contribution in [0.5, 0.6) is 0 Å². The molecule has 1 aromatic carbocycles. The third kappa shape index (κ3) is 3.95. The highest BCUT2D eigenvalue weighted by Crippen LogP contribution is 2.32. The predicted octanol–water partition coefficient (Wildman–Crippen LogP) is 4.12. The molecule has 166 valence electrons. The summed E-state index contributed by atoms with van der Waals surface area (Å²) in [6.07, 6.45) is 1.16. The maximum absolute atomic E-state index is 13.6. The summed E-state index contributed by atoms with van der Waals surface area (Å²) in [6.45, 7) is 0.166. The van der Waals surface area contributed by atoms with Gasteiger partial charge in [-0.05, 0) is 42.0 Å². The van der Waals surface area contributed by atoms with Crippen molar-refractivity contribution in [1.82, 2.24) is 29.7 Å². The van der Waals surface area contributed by atoms with Crippen LogP contribution in [-0.2, 0) is 12.7 Å². The van der Waals surface area contributed by atoms with Crippen LogP contribution in [0, 0.1) is 0 Å². The van der Waals surface area contributed by atoms with Crippen LogP contribution in [0.15, 0.2) is 77.8 Å². The second-order valence-electron chi connectivity index (χ2n) is 7.10. The van der Waals surface area contributed by atoms with E-state index in [1.807, 2.05) is 24.3 Å². The standard InChI is InChI=1S/C22H15F3N6O2/c23-22(24,25)19-11-17(18-3-1-10-33-18)29-20-16(13-28-31(19)20)21(32)26-12-14-4-6-15(7-5-14)30-9-2-8-27-30/h1-11,13H,12H2,(H,26,32). The minimum absolute atomic E-state index is 0.0522. The first-order valence-corrected chi connectivity index (χ1v) is 9.77. The lowest BCUT2D eigenvalue weighted by molar-refractivity contribution is -0.142. The number of nitrogens with zero attached hydrogens (tertiary/aromatic N) is 5. The molecule has 0 saturated carbocycles. The van der Waals surface area contributed by atoms with Crippen molar-refractivity contribution < 1.29 is 22.4 Å². The molecular formula is C22H15F3N6O2. The van der Waals surface area contributed by atoms with Crippen LogP contribution >= 0.6 is 0 Å². The van der Waals surface area contributed by atoms with E-state index in [0.29, 0.717) is 4.52 Å². The minimum Gasteiger partial charge on any atom is -0.463 e. The Morgan fingerprint density at radius 2 is 1.91 bits per heavy atom. The number of amides is 1. The van der Waals surface area contributed by atoms with E-state index in [1.165, 1.54) is 18.4 Å². The molecule has 11 heteroatoms. The molecular weight excluding hydrogens is 437 g/mol. The monoisotopic (exact) mass is 452 g/mol. The molecule has 1 amide bonds. The van der Waals surface area contributed by atoms with E-state index in [-0.39, 0.29) is 29.2 Å². The van der Waals surface area contributed by atoms with Crippen LogP contribution in [0.25, 0.3) is 22.8 Å². The topological polar surface area (TPSA) is 90.2 Å². The Labute approximate surface area is 184 Å². The van der Waals surface area contributed by atoms with Gasteiger partial charge in [0.05, 0.1) is 18.1 Å². The van der Waals surface area contributed by atoms with Crippen molar-refractivity contribution in [2.24, 2.45) is 0 Å². The molecule has 5 aromatic rings. The van der Waals surface area contributed by atoms with Gasteiger partial charge >= 0.3 is 6.18 Å². The molecule has 0 atom stereocenters. The quantitative estimate of drug-likeness (QED) is 0.433. The van der Waals surface area contributed by atoms with Gasteiger partial charge in [0.15, 0.2) is 17.1 Å². The Morgan fingerprint density at radius 1 is 1.09 bits per heavy atom. The summed E-state index contributed by atoms with van der Waals surface area (Å²) in [4.78, 5) is 17.0. The van der Waals surface area contributed by atoms with Gasteiger partial charge in [-0.3, -0.25) is 4.79 Å². The van der Waals surface area contributed by atoms with Crippen molar-refractivity contribution in [3.63, 3.8) is 0 Å². The predicted molar refractivity (Wildman–Crippen MR) is 110 cm³/mol. The molecule has 0 bridgehead atoms. The zero-order valence-electron chi connectivity index (χ0n) is 16.8. The van der Waals surface area contributed by atoms with Gasteiger partial charge in [-0.1, -0.05) is 12.1 Å². The average Bonchev–Trinajstić information content (AvgIpc) is 3.58. The number of nitrogens with one attached hydrogen (secondary N) is 1. The van der Waals surface area contributed by atoms with Crippen molar-refractivity contribution >= 4 is 11.6 Å². The second-order valence-corrected chi connectivity index (χ2v) is 7.10. The number of carbonyl (C=O) groups is 1. The zero-order chi connectivity index (χ0) is 23.0. The van der Waals surface area contributed by atoms with Crippen molar-refractivity contribution in [3.05, 3.63) is 90.2 Å². The Balaban J connectivity index is 1.42. The average molecular weight is 452 g/mol.